The smallest absolute Gasteiger partial charge is 0.273 e. The molecule has 0 bridgehead atoms. The fraction of sp³-hybridized carbons (Fsp3) is 0.200. The lowest BCUT2D eigenvalue weighted by Crippen LogP contribution is -2.20. The molecule has 0 saturated carbocycles. The number of nitrogens with one attached hydrogen (secondary N) is 2. The van der Waals surface area contributed by atoms with Crippen molar-refractivity contribution in [1.29, 1.82) is 0 Å². The second kappa shape index (κ2) is 8.18. The molecular weight excluding hydrogens is 374 g/mol. The van der Waals surface area contributed by atoms with E-state index in [1.807, 2.05) is 31.4 Å². The highest BCUT2D eigenvalue weighted by Crippen LogP contribution is 2.20. The van der Waals surface area contributed by atoms with Crippen LogP contribution >= 0.6 is 11.3 Å². The van der Waals surface area contributed by atoms with Crippen LogP contribution in [-0.4, -0.2) is 27.3 Å². The summed E-state index contributed by atoms with van der Waals surface area (Å²) in [7, 11) is 1.71. The number of hydrogen-bond acceptors (Lipinski definition) is 5. The Kier molecular flexibility index (Phi) is 5.70. The van der Waals surface area contributed by atoms with Crippen LogP contribution in [0.5, 0.6) is 0 Å². The standard InChI is InChI=1S/C20H21N5O2S/c1-12-14(3)28-11-17(12)19(26)24-23-13(2)15-6-5-7-16(10-15)22-20(27)18-8-9-21-25(18)4/h5-11H,1-4H3,(H,22,27)(H,24,26). The minimum absolute atomic E-state index is 0.234. The van der Waals surface area contributed by atoms with Crippen LogP contribution in [0.2, 0.25) is 0 Å². The summed E-state index contributed by atoms with van der Waals surface area (Å²) >= 11 is 1.54. The molecule has 0 fully saturated rings. The molecule has 2 amide bonds. The summed E-state index contributed by atoms with van der Waals surface area (Å²) in [5.74, 6) is -0.481. The molecule has 2 aromatic heterocycles. The second-order valence-electron chi connectivity index (χ2n) is 6.34. The monoisotopic (exact) mass is 395 g/mol. The quantitative estimate of drug-likeness (QED) is 0.512. The number of benzene rings is 1. The molecule has 0 saturated heterocycles. The Morgan fingerprint density at radius 1 is 1.18 bits per heavy atom. The van der Waals surface area contributed by atoms with E-state index in [4.69, 9.17) is 0 Å². The molecular formula is C20H21N5O2S. The fourth-order valence-electron chi connectivity index (χ4n) is 2.61. The maximum absolute atomic E-state index is 12.3. The van der Waals surface area contributed by atoms with Crippen LogP contribution in [-0.2, 0) is 7.05 Å². The van der Waals surface area contributed by atoms with Gasteiger partial charge in [-0.25, -0.2) is 5.43 Å². The van der Waals surface area contributed by atoms with Crippen LogP contribution in [0.25, 0.3) is 0 Å². The van der Waals surface area contributed by atoms with E-state index < -0.39 is 0 Å². The zero-order valence-electron chi connectivity index (χ0n) is 16.1. The molecule has 1 aromatic carbocycles. The first-order valence-corrected chi connectivity index (χ1v) is 9.54. The van der Waals surface area contributed by atoms with Gasteiger partial charge in [0, 0.05) is 29.2 Å². The van der Waals surface area contributed by atoms with Crippen LogP contribution in [0.1, 0.15) is 43.8 Å². The normalized spacial score (nSPS) is 11.4. The van der Waals surface area contributed by atoms with Crippen LogP contribution in [0.15, 0.2) is 47.0 Å². The van der Waals surface area contributed by atoms with Gasteiger partial charge in [0.05, 0.1) is 11.3 Å². The number of hydrogen-bond donors (Lipinski definition) is 2. The molecule has 8 heteroatoms. The highest BCUT2D eigenvalue weighted by atomic mass is 32.1. The number of aromatic nitrogens is 2. The number of carbonyl (C=O) groups is 2. The fourth-order valence-corrected chi connectivity index (χ4v) is 3.48. The Morgan fingerprint density at radius 3 is 2.61 bits per heavy atom. The molecule has 3 rings (SSSR count). The average molecular weight is 395 g/mol. The summed E-state index contributed by atoms with van der Waals surface area (Å²) < 4.78 is 1.51. The Morgan fingerprint density at radius 2 is 1.96 bits per heavy atom. The average Bonchev–Trinajstić information content (AvgIpc) is 3.25. The van der Waals surface area contributed by atoms with E-state index in [2.05, 4.69) is 20.9 Å². The number of carbonyl (C=O) groups excluding carboxylic acids is 2. The summed E-state index contributed by atoms with van der Waals surface area (Å²) in [6.07, 6.45) is 1.57. The zero-order chi connectivity index (χ0) is 20.3. The minimum atomic E-state index is -0.247. The van der Waals surface area contributed by atoms with E-state index in [1.54, 1.807) is 49.7 Å². The summed E-state index contributed by atoms with van der Waals surface area (Å²) in [6.45, 7) is 5.70. The lowest BCUT2D eigenvalue weighted by Gasteiger charge is -2.08. The number of thiophene rings is 1. The van der Waals surface area contributed by atoms with E-state index in [0.29, 0.717) is 22.7 Å². The van der Waals surface area contributed by atoms with Crippen LogP contribution in [0.3, 0.4) is 0 Å². The van der Waals surface area contributed by atoms with Gasteiger partial charge in [0.25, 0.3) is 11.8 Å². The van der Waals surface area contributed by atoms with E-state index in [9.17, 15) is 9.59 Å². The second-order valence-corrected chi connectivity index (χ2v) is 7.43. The molecule has 0 aliphatic carbocycles. The molecule has 0 aliphatic rings. The minimum Gasteiger partial charge on any atom is -0.321 e. The third kappa shape index (κ3) is 4.17. The molecule has 7 nitrogen and oxygen atoms in total. The predicted molar refractivity (Wildman–Crippen MR) is 111 cm³/mol. The predicted octanol–water partition coefficient (Wildman–Crippen LogP) is 3.50. The third-order valence-corrected chi connectivity index (χ3v) is 5.46. The number of rotatable bonds is 5. The molecule has 144 valence electrons. The van der Waals surface area contributed by atoms with Crippen LogP contribution < -0.4 is 10.7 Å². The van der Waals surface area contributed by atoms with Crippen molar-refractivity contribution in [1.82, 2.24) is 15.2 Å². The van der Waals surface area contributed by atoms with Crippen molar-refractivity contribution in [2.75, 3.05) is 5.32 Å². The Hall–Kier alpha value is -3.26. The van der Waals surface area contributed by atoms with Gasteiger partial charge < -0.3 is 5.32 Å². The number of nitrogens with zero attached hydrogens (tertiary/aromatic N) is 3. The lowest BCUT2D eigenvalue weighted by atomic mass is 10.1. The number of hydrazone groups is 1. The largest absolute Gasteiger partial charge is 0.321 e. The van der Waals surface area contributed by atoms with Gasteiger partial charge in [-0.05, 0) is 50.1 Å². The van der Waals surface area contributed by atoms with Gasteiger partial charge in [0.15, 0.2) is 0 Å². The lowest BCUT2D eigenvalue weighted by molar-refractivity contribution is 0.0953. The molecule has 0 spiro atoms. The van der Waals surface area contributed by atoms with Crippen LogP contribution in [0, 0.1) is 13.8 Å². The van der Waals surface area contributed by atoms with Crippen molar-refractivity contribution < 1.29 is 9.59 Å². The van der Waals surface area contributed by atoms with Gasteiger partial charge in [0.1, 0.15) is 5.69 Å². The Labute approximate surface area is 167 Å². The molecule has 2 heterocycles. The summed E-state index contributed by atoms with van der Waals surface area (Å²) in [5.41, 5.74) is 6.72. The first-order valence-electron chi connectivity index (χ1n) is 8.66. The molecule has 0 radical (unpaired) electrons. The SMILES string of the molecule is CC(=NNC(=O)c1csc(C)c1C)c1cccc(NC(=O)c2ccnn2C)c1. The third-order valence-electron chi connectivity index (χ3n) is 4.45. The highest BCUT2D eigenvalue weighted by Gasteiger charge is 2.13. The van der Waals surface area contributed by atoms with Crippen molar-refractivity contribution >= 4 is 34.6 Å². The maximum atomic E-state index is 12.3. The molecule has 0 atom stereocenters. The Bertz CT molecular complexity index is 1060. The zero-order valence-corrected chi connectivity index (χ0v) is 16.9. The number of aryl methyl sites for hydroxylation is 2. The van der Waals surface area contributed by atoms with Crippen molar-refractivity contribution in [3.05, 3.63) is 69.2 Å². The Balaban J connectivity index is 1.71. The molecule has 28 heavy (non-hydrogen) atoms. The number of amides is 2. The first-order chi connectivity index (χ1) is 13.4. The first kappa shape index (κ1) is 19.5. The van der Waals surface area contributed by atoms with Gasteiger partial charge >= 0.3 is 0 Å². The van der Waals surface area contributed by atoms with Crippen molar-refractivity contribution in [3.63, 3.8) is 0 Å². The maximum Gasteiger partial charge on any atom is 0.273 e. The summed E-state index contributed by atoms with van der Waals surface area (Å²) in [4.78, 5) is 25.8. The van der Waals surface area contributed by atoms with Gasteiger partial charge in [-0.1, -0.05) is 12.1 Å². The molecule has 0 unspecified atom stereocenters. The van der Waals surface area contributed by atoms with E-state index in [0.717, 1.165) is 16.0 Å². The van der Waals surface area contributed by atoms with Gasteiger partial charge in [0.2, 0.25) is 0 Å². The summed E-state index contributed by atoms with van der Waals surface area (Å²) in [5, 5.41) is 12.9. The topological polar surface area (TPSA) is 88.4 Å². The van der Waals surface area contributed by atoms with Gasteiger partial charge in [-0.15, -0.1) is 11.3 Å². The van der Waals surface area contributed by atoms with Crippen LogP contribution in [0.4, 0.5) is 5.69 Å². The molecule has 0 aliphatic heterocycles. The van der Waals surface area contributed by atoms with Crippen molar-refractivity contribution in [3.8, 4) is 0 Å². The van der Waals surface area contributed by atoms with Gasteiger partial charge in [-0.2, -0.15) is 10.2 Å². The number of anilines is 1. The van der Waals surface area contributed by atoms with E-state index >= 15 is 0 Å². The van der Waals surface area contributed by atoms with Crippen molar-refractivity contribution in [2.24, 2.45) is 12.1 Å². The van der Waals surface area contributed by atoms with Crippen molar-refractivity contribution in [2.45, 2.75) is 20.8 Å². The van der Waals surface area contributed by atoms with Gasteiger partial charge in [-0.3, -0.25) is 14.3 Å². The highest BCUT2D eigenvalue weighted by molar-refractivity contribution is 7.10. The molecule has 3 aromatic rings. The molecule has 2 N–H and O–H groups in total. The van der Waals surface area contributed by atoms with E-state index in [-0.39, 0.29) is 11.8 Å². The van der Waals surface area contributed by atoms with E-state index in [1.165, 1.54) is 4.68 Å². The summed E-state index contributed by atoms with van der Waals surface area (Å²) in [6, 6.07) is 8.93.